The molecule has 2 aromatic heterocycles. The first-order chi connectivity index (χ1) is 7.83. The maximum Gasteiger partial charge on any atom is 0.248 e. The van der Waals surface area contributed by atoms with Gasteiger partial charge in [0.2, 0.25) is 11.6 Å². The maximum absolute atomic E-state index is 12.0. The van der Waals surface area contributed by atoms with E-state index in [1.54, 1.807) is 35.4 Å². The van der Waals surface area contributed by atoms with Gasteiger partial charge in [-0.15, -0.1) is 0 Å². The van der Waals surface area contributed by atoms with Gasteiger partial charge in [-0.05, 0) is 18.6 Å². The number of nitrogens with zero attached hydrogens (tertiary/aromatic N) is 4. The summed E-state index contributed by atoms with van der Waals surface area (Å²) in [5.74, 6) is 0.0203. The monoisotopic (exact) mass is 216 g/mol. The van der Waals surface area contributed by atoms with Crippen LogP contribution in [-0.4, -0.2) is 25.5 Å². The summed E-state index contributed by atoms with van der Waals surface area (Å²) in [7, 11) is 0. The second-order valence-corrected chi connectivity index (χ2v) is 3.34. The molecule has 0 aliphatic heterocycles. The van der Waals surface area contributed by atoms with Crippen LogP contribution in [0.25, 0.3) is 0 Å². The Morgan fingerprint density at radius 2 is 2.06 bits per heavy atom. The van der Waals surface area contributed by atoms with E-state index in [0.717, 1.165) is 13.0 Å². The van der Waals surface area contributed by atoms with Crippen LogP contribution in [0.3, 0.4) is 0 Å². The molecule has 0 saturated carbocycles. The van der Waals surface area contributed by atoms with E-state index in [0.29, 0.717) is 5.69 Å². The van der Waals surface area contributed by atoms with Crippen LogP contribution in [0.15, 0.2) is 30.7 Å². The first kappa shape index (κ1) is 10.5. The zero-order valence-electron chi connectivity index (χ0n) is 9.00. The first-order valence-corrected chi connectivity index (χ1v) is 5.16. The van der Waals surface area contributed by atoms with Crippen molar-refractivity contribution in [1.29, 1.82) is 0 Å². The molecule has 5 nitrogen and oxygen atoms in total. The van der Waals surface area contributed by atoms with Crippen molar-refractivity contribution in [2.75, 3.05) is 0 Å². The van der Waals surface area contributed by atoms with Crippen molar-refractivity contribution < 1.29 is 4.79 Å². The molecule has 2 aromatic rings. The molecular weight excluding hydrogens is 204 g/mol. The third-order valence-electron chi connectivity index (χ3n) is 2.15. The smallest absolute Gasteiger partial charge is 0.248 e. The summed E-state index contributed by atoms with van der Waals surface area (Å²) in [4.78, 5) is 19.9. The largest absolute Gasteiger partial charge is 0.283 e. The highest BCUT2D eigenvalue weighted by Gasteiger charge is 2.15. The molecule has 0 aromatic carbocycles. The number of hydrogen-bond acceptors (Lipinski definition) is 4. The number of aromatic nitrogens is 4. The quantitative estimate of drug-likeness (QED) is 0.723. The molecule has 0 spiro atoms. The Kier molecular flexibility index (Phi) is 3.05. The summed E-state index contributed by atoms with van der Waals surface area (Å²) in [5, 5.41) is 4.09. The van der Waals surface area contributed by atoms with Crippen LogP contribution in [0.4, 0.5) is 0 Å². The van der Waals surface area contributed by atoms with Crippen LogP contribution < -0.4 is 0 Å². The summed E-state index contributed by atoms with van der Waals surface area (Å²) in [5.41, 5.74) is 0.535. The second-order valence-electron chi connectivity index (χ2n) is 3.34. The molecule has 0 amide bonds. The summed E-state index contributed by atoms with van der Waals surface area (Å²) >= 11 is 0. The molecule has 0 unspecified atom stereocenters. The van der Waals surface area contributed by atoms with Crippen molar-refractivity contribution in [3.05, 3.63) is 42.2 Å². The Labute approximate surface area is 93.2 Å². The van der Waals surface area contributed by atoms with Gasteiger partial charge in [0.25, 0.3) is 0 Å². The van der Waals surface area contributed by atoms with Gasteiger partial charge in [-0.1, -0.05) is 6.92 Å². The predicted molar refractivity (Wildman–Crippen MR) is 58.0 cm³/mol. The Balaban J connectivity index is 2.31. The highest BCUT2D eigenvalue weighted by molar-refractivity contribution is 6.05. The van der Waals surface area contributed by atoms with E-state index in [2.05, 4.69) is 15.1 Å². The molecule has 0 bridgehead atoms. The average molecular weight is 216 g/mol. The third kappa shape index (κ3) is 1.98. The standard InChI is InChI=1S/C11H12N4O/c1-2-8-15-9(4-7-14-15)10(16)11-12-5-3-6-13-11/h3-7H,2,8H2,1H3. The Bertz CT molecular complexity index is 478. The minimum Gasteiger partial charge on any atom is -0.283 e. The topological polar surface area (TPSA) is 60.7 Å². The molecule has 0 aliphatic carbocycles. The van der Waals surface area contributed by atoms with Gasteiger partial charge in [0.05, 0.1) is 0 Å². The summed E-state index contributed by atoms with van der Waals surface area (Å²) in [6.45, 7) is 2.76. The van der Waals surface area contributed by atoms with Crippen LogP contribution in [0.2, 0.25) is 0 Å². The van der Waals surface area contributed by atoms with E-state index >= 15 is 0 Å². The summed E-state index contributed by atoms with van der Waals surface area (Å²) in [6.07, 6.45) is 5.66. The highest BCUT2D eigenvalue weighted by Crippen LogP contribution is 2.05. The molecule has 2 rings (SSSR count). The minimum atomic E-state index is -0.188. The van der Waals surface area contributed by atoms with Gasteiger partial charge in [0, 0.05) is 25.1 Å². The zero-order valence-corrected chi connectivity index (χ0v) is 9.00. The number of carbonyl (C=O) groups is 1. The Morgan fingerprint density at radius 1 is 1.31 bits per heavy atom. The van der Waals surface area contributed by atoms with Gasteiger partial charge >= 0.3 is 0 Å². The van der Waals surface area contributed by atoms with Crippen molar-refractivity contribution in [3.8, 4) is 0 Å². The maximum atomic E-state index is 12.0. The van der Waals surface area contributed by atoms with Gasteiger partial charge in [-0.2, -0.15) is 5.10 Å². The van der Waals surface area contributed by atoms with Crippen LogP contribution in [0.5, 0.6) is 0 Å². The van der Waals surface area contributed by atoms with Crippen LogP contribution in [-0.2, 0) is 6.54 Å². The molecule has 0 N–H and O–H groups in total. The third-order valence-corrected chi connectivity index (χ3v) is 2.15. The van der Waals surface area contributed by atoms with E-state index in [1.807, 2.05) is 6.92 Å². The molecule has 2 heterocycles. The normalized spacial score (nSPS) is 10.3. The Morgan fingerprint density at radius 3 is 2.75 bits per heavy atom. The fraction of sp³-hybridized carbons (Fsp3) is 0.273. The first-order valence-electron chi connectivity index (χ1n) is 5.16. The summed E-state index contributed by atoms with van der Waals surface area (Å²) in [6, 6.07) is 3.37. The van der Waals surface area contributed by atoms with Crippen molar-refractivity contribution in [3.63, 3.8) is 0 Å². The molecule has 0 atom stereocenters. The SMILES string of the molecule is CCCn1nccc1C(=O)c1ncccn1. The van der Waals surface area contributed by atoms with Gasteiger partial charge in [-0.3, -0.25) is 9.48 Å². The average Bonchev–Trinajstić information content (AvgIpc) is 2.78. The van der Waals surface area contributed by atoms with Crippen LogP contribution in [0.1, 0.15) is 29.7 Å². The van der Waals surface area contributed by atoms with Crippen LogP contribution >= 0.6 is 0 Å². The molecule has 0 fully saturated rings. The summed E-state index contributed by atoms with van der Waals surface area (Å²) < 4.78 is 1.68. The lowest BCUT2D eigenvalue weighted by Gasteiger charge is -2.03. The van der Waals surface area contributed by atoms with Crippen molar-refractivity contribution in [1.82, 2.24) is 19.7 Å². The molecule has 16 heavy (non-hydrogen) atoms. The fourth-order valence-electron chi connectivity index (χ4n) is 1.45. The molecule has 0 radical (unpaired) electrons. The highest BCUT2D eigenvalue weighted by atomic mass is 16.1. The molecule has 0 aliphatic rings. The number of carbonyl (C=O) groups excluding carboxylic acids is 1. The number of ketones is 1. The lowest BCUT2D eigenvalue weighted by atomic mass is 10.2. The molecule has 0 saturated heterocycles. The molecule has 82 valence electrons. The van der Waals surface area contributed by atoms with E-state index in [9.17, 15) is 4.79 Å². The number of rotatable bonds is 4. The lowest BCUT2D eigenvalue weighted by molar-refractivity contribution is 0.101. The molecular formula is C11H12N4O. The van der Waals surface area contributed by atoms with Gasteiger partial charge in [0.1, 0.15) is 5.69 Å². The molecule has 5 heteroatoms. The van der Waals surface area contributed by atoms with Crippen molar-refractivity contribution in [2.24, 2.45) is 0 Å². The zero-order chi connectivity index (χ0) is 11.4. The minimum absolute atomic E-state index is 0.188. The van der Waals surface area contributed by atoms with Crippen molar-refractivity contribution in [2.45, 2.75) is 19.9 Å². The van der Waals surface area contributed by atoms with E-state index in [-0.39, 0.29) is 11.6 Å². The number of aryl methyl sites for hydroxylation is 1. The predicted octanol–water partition coefficient (Wildman–Crippen LogP) is 1.31. The van der Waals surface area contributed by atoms with Crippen LogP contribution in [0, 0.1) is 0 Å². The van der Waals surface area contributed by atoms with Crippen molar-refractivity contribution >= 4 is 5.78 Å². The van der Waals surface area contributed by atoms with E-state index < -0.39 is 0 Å². The second kappa shape index (κ2) is 4.65. The van der Waals surface area contributed by atoms with Gasteiger partial charge < -0.3 is 0 Å². The van der Waals surface area contributed by atoms with Gasteiger partial charge in [0.15, 0.2) is 0 Å². The van der Waals surface area contributed by atoms with Gasteiger partial charge in [-0.25, -0.2) is 9.97 Å². The fourth-order valence-corrected chi connectivity index (χ4v) is 1.45. The van der Waals surface area contributed by atoms with E-state index in [1.165, 1.54) is 0 Å². The number of hydrogen-bond donors (Lipinski definition) is 0. The lowest BCUT2D eigenvalue weighted by Crippen LogP contribution is -2.13. The Hall–Kier alpha value is -2.04. The van der Waals surface area contributed by atoms with E-state index in [4.69, 9.17) is 0 Å².